The number of rotatable bonds is 10. The zero-order chi connectivity index (χ0) is 30.6. The highest BCUT2D eigenvalue weighted by Gasteiger charge is 2.69. The lowest BCUT2D eigenvalue weighted by molar-refractivity contribution is -0.144. The molecule has 4 amide bonds. The second kappa shape index (κ2) is 11.1. The lowest BCUT2D eigenvalue weighted by Gasteiger charge is -2.31. The first-order chi connectivity index (χ1) is 19.7. The zero-order valence-electron chi connectivity index (χ0n) is 23.1. The lowest BCUT2D eigenvalue weighted by atomic mass is 9.94. The van der Waals surface area contributed by atoms with Crippen LogP contribution in [0.3, 0.4) is 0 Å². The number of hydrogen-bond acceptors (Lipinski definition) is 6. The highest BCUT2D eigenvalue weighted by atomic mass is 35.5. The van der Waals surface area contributed by atoms with Crippen LogP contribution in [0.2, 0.25) is 5.02 Å². The number of amides is 4. The van der Waals surface area contributed by atoms with Gasteiger partial charge >= 0.3 is 6.18 Å². The van der Waals surface area contributed by atoms with Crippen molar-refractivity contribution in [3.05, 3.63) is 28.8 Å². The van der Waals surface area contributed by atoms with Gasteiger partial charge in [0.2, 0.25) is 17.6 Å². The molecule has 5 atom stereocenters. The molecule has 2 saturated carbocycles. The van der Waals surface area contributed by atoms with Crippen LogP contribution in [0.5, 0.6) is 5.75 Å². The number of piperidine rings is 1. The van der Waals surface area contributed by atoms with Gasteiger partial charge in [-0.05, 0) is 61.1 Å². The molecular formula is C28H32ClF3N4O6. The predicted molar refractivity (Wildman–Crippen MR) is 142 cm³/mol. The van der Waals surface area contributed by atoms with Gasteiger partial charge in [0.05, 0.1) is 16.6 Å². The Labute approximate surface area is 245 Å². The fourth-order valence-corrected chi connectivity index (χ4v) is 6.38. The number of carbonyl (C=O) groups is 5. The maximum Gasteiger partial charge on any atom is 0.416 e. The third-order valence-corrected chi connectivity index (χ3v) is 9.16. The third kappa shape index (κ3) is 6.06. The molecule has 4 aliphatic rings. The van der Waals surface area contributed by atoms with Gasteiger partial charge in [0.25, 0.3) is 11.8 Å². The lowest BCUT2D eigenvalue weighted by Crippen LogP contribution is -2.56. The van der Waals surface area contributed by atoms with Gasteiger partial charge in [-0.3, -0.25) is 24.0 Å². The summed E-state index contributed by atoms with van der Waals surface area (Å²) in [6.07, 6.45) is -2.67. The smallest absolute Gasteiger partial charge is 0.416 e. The van der Waals surface area contributed by atoms with Crippen molar-refractivity contribution in [3.63, 3.8) is 0 Å². The first-order valence-corrected chi connectivity index (χ1v) is 14.3. The van der Waals surface area contributed by atoms with Gasteiger partial charge in [-0.2, -0.15) is 13.2 Å². The summed E-state index contributed by atoms with van der Waals surface area (Å²) in [5.74, 6) is -4.04. The number of benzene rings is 1. The van der Waals surface area contributed by atoms with E-state index in [-0.39, 0.29) is 52.9 Å². The van der Waals surface area contributed by atoms with Gasteiger partial charge in [0.1, 0.15) is 11.8 Å². The van der Waals surface area contributed by atoms with Crippen molar-refractivity contribution in [2.45, 2.75) is 63.8 Å². The molecule has 4 fully saturated rings. The summed E-state index contributed by atoms with van der Waals surface area (Å²) < 4.78 is 44.3. The highest BCUT2D eigenvalue weighted by Crippen LogP contribution is 2.64. The van der Waals surface area contributed by atoms with Crippen molar-refractivity contribution < 1.29 is 41.9 Å². The third-order valence-electron chi connectivity index (χ3n) is 8.86. The first-order valence-electron chi connectivity index (χ1n) is 13.9. The summed E-state index contributed by atoms with van der Waals surface area (Å²) >= 11 is 5.95. The van der Waals surface area contributed by atoms with Gasteiger partial charge in [-0.25, -0.2) is 0 Å². The Balaban J connectivity index is 1.29. The van der Waals surface area contributed by atoms with Crippen molar-refractivity contribution in [1.82, 2.24) is 20.9 Å². The maximum absolute atomic E-state index is 13.7. The number of Topliss-reactive ketones (excluding diaryl/α,β-unsaturated/α-hetero) is 1. The molecule has 1 aromatic carbocycles. The number of hydrogen-bond donors (Lipinski definition) is 3. The molecule has 0 unspecified atom stereocenters. The van der Waals surface area contributed by atoms with Crippen LogP contribution in [-0.2, 0) is 30.1 Å². The second-order valence-corrected chi connectivity index (χ2v) is 12.5. The summed E-state index contributed by atoms with van der Waals surface area (Å²) in [7, 11) is 0. The molecule has 2 aliphatic heterocycles. The quantitative estimate of drug-likeness (QED) is 0.347. The molecule has 10 nitrogen and oxygen atoms in total. The van der Waals surface area contributed by atoms with E-state index in [0.717, 1.165) is 25.0 Å². The van der Waals surface area contributed by atoms with Crippen LogP contribution in [0.1, 0.15) is 45.1 Å². The molecule has 2 saturated heterocycles. The normalized spacial score (nSPS) is 26.6. The molecule has 14 heteroatoms. The molecule has 2 aliphatic carbocycles. The molecule has 1 aromatic rings. The van der Waals surface area contributed by atoms with E-state index in [1.54, 1.807) is 0 Å². The molecular weight excluding hydrogens is 581 g/mol. The topological polar surface area (TPSA) is 134 Å². The standard InChI is InChI=1S/C28H32ClF3N4O6/c1-27(2)16-11-36(20(37)12-42-19-6-3-14(10-17(19)29)28(30,31)32)22(21(16)27)25(40)35-18(9-13-7-8-33-24(13)39)23(38)26(41)34-15-4-5-15/h3,6,10,13,15-16,18,21-22H,4-5,7-9,11-12H2,1-2H3,(H,33,39)(H,34,41)(H,35,40)/t13-,16-,18-,21-,22-/m0/s1. The number of halogens is 4. The average Bonchev–Trinajstić information content (AvgIpc) is 3.68. The summed E-state index contributed by atoms with van der Waals surface area (Å²) in [6, 6.07) is 0.202. The Kier molecular flexibility index (Phi) is 7.92. The Morgan fingerprint density at radius 3 is 2.50 bits per heavy atom. The fourth-order valence-electron chi connectivity index (χ4n) is 6.15. The van der Waals surface area contributed by atoms with Crippen LogP contribution >= 0.6 is 11.6 Å². The van der Waals surface area contributed by atoms with Crippen LogP contribution < -0.4 is 20.7 Å². The molecule has 3 N–H and O–H groups in total. The van der Waals surface area contributed by atoms with E-state index in [2.05, 4.69) is 16.0 Å². The molecule has 228 valence electrons. The highest BCUT2D eigenvalue weighted by molar-refractivity contribution is 6.38. The van der Waals surface area contributed by atoms with E-state index in [9.17, 15) is 37.1 Å². The van der Waals surface area contributed by atoms with E-state index in [4.69, 9.17) is 16.3 Å². The number of ketones is 1. The summed E-state index contributed by atoms with van der Waals surface area (Å²) in [4.78, 5) is 66.2. The minimum absolute atomic E-state index is 0.000200. The number of ether oxygens (including phenoxy) is 1. The predicted octanol–water partition coefficient (Wildman–Crippen LogP) is 2.08. The van der Waals surface area contributed by atoms with E-state index < -0.39 is 59.9 Å². The van der Waals surface area contributed by atoms with Gasteiger partial charge < -0.3 is 25.6 Å². The molecule has 0 spiro atoms. The molecule has 2 heterocycles. The van der Waals surface area contributed by atoms with Gasteiger partial charge in [-0.1, -0.05) is 25.4 Å². The van der Waals surface area contributed by atoms with E-state index in [1.807, 2.05) is 13.8 Å². The van der Waals surface area contributed by atoms with E-state index in [0.29, 0.717) is 19.0 Å². The minimum atomic E-state index is -4.60. The Bertz CT molecular complexity index is 1320. The number of alkyl halides is 3. The number of nitrogens with one attached hydrogen (secondary N) is 3. The average molecular weight is 613 g/mol. The SMILES string of the molecule is CC1(C)[C@@H]2[C@@H](C(=O)N[C@@H](C[C@@H]3CCNC3=O)C(=O)C(=O)NC3CC3)N(C(=O)COc3ccc(C(F)(F)F)cc3Cl)C[C@@H]21. The van der Waals surface area contributed by atoms with Crippen molar-refractivity contribution >= 4 is 41.0 Å². The molecule has 0 radical (unpaired) electrons. The van der Waals surface area contributed by atoms with E-state index >= 15 is 0 Å². The van der Waals surface area contributed by atoms with Crippen molar-refractivity contribution in [3.8, 4) is 5.75 Å². The fraction of sp³-hybridized carbons (Fsp3) is 0.607. The second-order valence-electron chi connectivity index (χ2n) is 12.1. The summed E-state index contributed by atoms with van der Waals surface area (Å²) in [5.41, 5.74) is -1.22. The molecule has 0 bridgehead atoms. The van der Waals surface area contributed by atoms with Gasteiger partial charge in [0.15, 0.2) is 6.61 Å². The number of fused-ring (bicyclic) bond motifs is 1. The minimum Gasteiger partial charge on any atom is -0.482 e. The van der Waals surface area contributed by atoms with Crippen LogP contribution in [-0.4, -0.2) is 72.1 Å². The van der Waals surface area contributed by atoms with Crippen LogP contribution in [0.25, 0.3) is 0 Å². The van der Waals surface area contributed by atoms with Crippen LogP contribution in [0.15, 0.2) is 18.2 Å². The Morgan fingerprint density at radius 2 is 1.90 bits per heavy atom. The first kappa shape index (κ1) is 30.1. The largest absolute Gasteiger partial charge is 0.482 e. The van der Waals surface area contributed by atoms with Crippen molar-refractivity contribution in [2.24, 2.45) is 23.2 Å². The van der Waals surface area contributed by atoms with Crippen molar-refractivity contribution in [2.75, 3.05) is 19.7 Å². The van der Waals surface area contributed by atoms with Crippen molar-refractivity contribution in [1.29, 1.82) is 0 Å². The summed E-state index contributed by atoms with van der Waals surface area (Å²) in [5, 5.41) is 7.66. The number of carbonyl (C=O) groups excluding carboxylic acids is 5. The van der Waals surface area contributed by atoms with E-state index in [1.165, 1.54) is 4.90 Å². The van der Waals surface area contributed by atoms with Gasteiger partial charge in [0, 0.05) is 25.0 Å². The monoisotopic (exact) mass is 612 g/mol. The Morgan fingerprint density at radius 1 is 1.19 bits per heavy atom. The van der Waals surface area contributed by atoms with Gasteiger partial charge in [-0.15, -0.1) is 0 Å². The van der Waals surface area contributed by atoms with Crippen LogP contribution in [0.4, 0.5) is 13.2 Å². The zero-order valence-corrected chi connectivity index (χ0v) is 23.8. The Hall–Kier alpha value is -3.35. The maximum atomic E-state index is 13.7. The molecule has 0 aromatic heterocycles. The summed E-state index contributed by atoms with van der Waals surface area (Å²) in [6.45, 7) is 4.03. The number of likely N-dealkylation sites (tertiary alicyclic amines) is 1. The van der Waals surface area contributed by atoms with Crippen LogP contribution in [0, 0.1) is 23.2 Å². The molecule has 42 heavy (non-hydrogen) atoms. The molecule has 5 rings (SSSR count). The number of nitrogens with zero attached hydrogens (tertiary/aromatic N) is 1.